The summed E-state index contributed by atoms with van der Waals surface area (Å²) in [6, 6.07) is 2.08. The Labute approximate surface area is 111 Å². The Morgan fingerprint density at radius 2 is 2.24 bits per heavy atom. The highest BCUT2D eigenvalue weighted by atomic mass is 79.9. The van der Waals surface area contributed by atoms with Crippen LogP contribution >= 0.6 is 15.9 Å². The van der Waals surface area contributed by atoms with Gasteiger partial charge in [-0.2, -0.15) is 0 Å². The average Bonchev–Trinajstić information content (AvgIpc) is 2.33. The SMILES string of the molecule is Cc1cnc(NCCN2CCNCC2)c(Br)c1. The molecule has 2 rings (SSSR count). The van der Waals surface area contributed by atoms with Crippen molar-refractivity contribution < 1.29 is 0 Å². The minimum absolute atomic E-state index is 0.936. The largest absolute Gasteiger partial charge is 0.368 e. The van der Waals surface area contributed by atoms with Crippen molar-refractivity contribution in [2.24, 2.45) is 0 Å². The van der Waals surface area contributed by atoms with Gasteiger partial charge in [0.15, 0.2) is 0 Å². The fourth-order valence-corrected chi connectivity index (χ4v) is 2.53. The van der Waals surface area contributed by atoms with Gasteiger partial charge in [0.25, 0.3) is 0 Å². The number of aryl methyl sites for hydroxylation is 1. The Bertz CT molecular complexity index is 364. The molecule has 1 aliphatic heterocycles. The number of piperazine rings is 1. The molecule has 1 saturated heterocycles. The van der Waals surface area contributed by atoms with Crippen LogP contribution in [0.3, 0.4) is 0 Å². The molecule has 17 heavy (non-hydrogen) atoms. The van der Waals surface area contributed by atoms with Crippen molar-refractivity contribution in [3.05, 3.63) is 22.3 Å². The number of nitrogens with zero attached hydrogens (tertiary/aromatic N) is 2. The summed E-state index contributed by atoms with van der Waals surface area (Å²) in [5.74, 6) is 0.936. The Kier molecular flexibility index (Phi) is 4.76. The third-order valence-electron chi connectivity index (χ3n) is 2.91. The van der Waals surface area contributed by atoms with Crippen LogP contribution in [0.1, 0.15) is 5.56 Å². The van der Waals surface area contributed by atoms with E-state index in [0.29, 0.717) is 0 Å². The van der Waals surface area contributed by atoms with E-state index in [-0.39, 0.29) is 0 Å². The van der Waals surface area contributed by atoms with E-state index in [1.807, 2.05) is 13.1 Å². The minimum atomic E-state index is 0.936. The maximum Gasteiger partial charge on any atom is 0.140 e. The molecule has 4 nitrogen and oxygen atoms in total. The first-order chi connectivity index (χ1) is 8.25. The first kappa shape index (κ1) is 12.8. The second-order valence-corrected chi connectivity index (χ2v) is 5.22. The summed E-state index contributed by atoms with van der Waals surface area (Å²) in [5, 5.41) is 6.72. The second kappa shape index (κ2) is 6.33. The van der Waals surface area contributed by atoms with Crippen LogP contribution in [0.5, 0.6) is 0 Å². The molecule has 0 aromatic carbocycles. The number of pyridine rings is 1. The fourth-order valence-electron chi connectivity index (χ4n) is 1.93. The molecule has 0 aliphatic carbocycles. The first-order valence-electron chi connectivity index (χ1n) is 6.05. The molecule has 5 heteroatoms. The summed E-state index contributed by atoms with van der Waals surface area (Å²) in [5.41, 5.74) is 1.17. The summed E-state index contributed by atoms with van der Waals surface area (Å²) >= 11 is 3.52. The second-order valence-electron chi connectivity index (χ2n) is 4.36. The Balaban J connectivity index is 1.77. The third kappa shape index (κ3) is 3.94. The zero-order valence-electron chi connectivity index (χ0n) is 10.2. The van der Waals surface area contributed by atoms with Gasteiger partial charge in [-0.1, -0.05) is 0 Å². The Morgan fingerprint density at radius 1 is 1.47 bits per heavy atom. The first-order valence-corrected chi connectivity index (χ1v) is 6.84. The molecule has 1 aromatic rings. The van der Waals surface area contributed by atoms with Crippen LogP contribution < -0.4 is 10.6 Å². The van der Waals surface area contributed by atoms with Crippen LogP contribution in [-0.4, -0.2) is 49.2 Å². The number of halogens is 1. The summed E-state index contributed by atoms with van der Waals surface area (Å²) in [7, 11) is 0. The van der Waals surface area contributed by atoms with Crippen LogP contribution in [-0.2, 0) is 0 Å². The van der Waals surface area contributed by atoms with Crippen molar-refractivity contribution >= 4 is 21.7 Å². The predicted octanol–water partition coefficient (Wildman–Crippen LogP) is 1.47. The van der Waals surface area contributed by atoms with Crippen LogP contribution in [0.4, 0.5) is 5.82 Å². The van der Waals surface area contributed by atoms with Gasteiger partial charge in [-0.15, -0.1) is 0 Å². The van der Waals surface area contributed by atoms with Gasteiger partial charge in [-0.25, -0.2) is 4.98 Å². The van der Waals surface area contributed by atoms with E-state index in [2.05, 4.69) is 42.5 Å². The van der Waals surface area contributed by atoms with Gasteiger partial charge in [0.05, 0.1) is 4.47 Å². The lowest BCUT2D eigenvalue weighted by molar-refractivity contribution is 0.249. The molecular formula is C12H19BrN4. The lowest BCUT2D eigenvalue weighted by Crippen LogP contribution is -2.45. The monoisotopic (exact) mass is 298 g/mol. The van der Waals surface area contributed by atoms with Gasteiger partial charge in [-0.05, 0) is 34.5 Å². The van der Waals surface area contributed by atoms with E-state index in [1.165, 1.54) is 5.56 Å². The molecule has 0 spiro atoms. The minimum Gasteiger partial charge on any atom is -0.368 e. The standard InChI is InChI=1S/C12H19BrN4/c1-10-8-11(13)12(16-9-10)15-4-7-17-5-2-14-3-6-17/h8-9,14H,2-7H2,1H3,(H,15,16). The van der Waals surface area contributed by atoms with Gasteiger partial charge >= 0.3 is 0 Å². The van der Waals surface area contributed by atoms with Crippen molar-refractivity contribution in [2.45, 2.75) is 6.92 Å². The van der Waals surface area contributed by atoms with Crippen LogP contribution in [0, 0.1) is 6.92 Å². The van der Waals surface area contributed by atoms with Crippen molar-refractivity contribution in [1.82, 2.24) is 15.2 Å². The van der Waals surface area contributed by atoms with Crippen molar-refractivity contribution in [3.63, 3.8) is 0 Å². The molecule has 0 radical (unpaired) electrons. The van der Waals surface area contributed by atoms with Gasteiger partial charge in [0.2, 0.25) is 0 Å². The van der Waals surface area contributed by atoms with Crippen molar-refractivity contribution in [2.75, 3.05) is 44.6 Å². The maximum atomic E-state index is 4.37. The number of nitrogens with one attached hydrogen (secondary N) is 2. The van der Waals surface area contributed by atoms with Crippen LogP contribution in [0.2, 0.25) is 0 Å². The van der Waals surface area contributed by atoms with Gasteiger partial charge in [0, 0.05) is 45.5 Å². The summed E-state index contributed by atoms with van der Waals surface area (Å²) in [4.78, 5) is 6.84. The summed E-state index contributed by atoms with van der Waals surface area (Å²) < 4.78 is 1.04. The predicted molar refractivity (Wildman–Crippen MR) is 74.5 cm³/mol. The van der Waals surface area contributed by atoms with Gasteiger partial charge in [-0.3, -0.25) is 4.90 Å². The normalized spacial score (nSPS) is 17.1. The molecule has 0 unspecified atom stereocenters. The molecule has 2 heterocycles. The molecule has 1 fully saturated rings. The number of rotatable bonds is 4. The van der Waals surface area contributed by atoms with E-state index in [1.54, 1.807) is 0 Å². The molecule has 0 saturated carbocycles. The number of hydrogen-bond donors (Lipinski definition) is 2. The Morgan fingerprint density at radius 3 is 2.94 bits per heavy atom. The molecule has 0 amide bonds. The van der Waals surface area contributed by atoms with Crippen molar-refractivity contribution in [1.29, 1.82) is 0 Å². The van der Waals surface area contributed by atoms with Gasteiger partial charge in [0.1, 0.15) is 5.82 Å². The van der Waals surface area contributed by atoms with E-state index in [9.17, 15) is 0 Å². The van der Waals surface area contributed by atoms with E-state index >= 15 is 0 Å². The van der Waals surface area contributed by atoms with E-state index in [4.69, 9.17) is 0 Å². The molecule has 1 aromatic heterocycles. The molecular weight excluding hydrogens is 280 g/mol. The third-order valence-corrected chi connectivity index (χ3v) is 3.51. The molecule has 0 atom stereocenters. The van der Waals surface area contributed by atoms with Gasteiger partial charge < -0.3 is 10.6 Å². The quantitative estimate of drug-likeness (QED) is 0.883. The molecule has 0 bridgehead atoms. The lowest BCUT2D eigenvalue weighted by Gasteiger charge is -2.27. The maximum absolute atomic E-state index is 4.37. The number of aromatic nitrogens is 1. The van der Waals surface area contributed by atoms with E-state index < -0.39 is 0 Å². The van der Waals surface area contributed by atoms with Crippen LogP contribution in [0.15, 0.2) is 16.7 Å². The number of hydrogen-bond acceptors (Lipinski definition) is 4. The Hall–Kier alpha value is -0.650. The smallest absolute Gasteiger partial charge is 0.140 e. The fraction of sp³-hybridized carbons (Fsp3) is 0.583. The highest BCUT2D eigenvalue weighted by molar-refractivity contribution is 9.10. The van der Waals surface area contributed by atoms with Crippen LogP contribution in [0.25, 0.3) is 0 Å². The topological polar surface area (TPSA) is 40.2 Å². The summed E-state index contributed by atoms with van der Waals surface area (Å²) in [6.07, 6.45) is 1.89. The lowest BCUT2D eigenvalue weighted by atomic mass is 10.3. The molecule has 2 N–H and O–H groups in total. The summed E-state index contributed by atoms with van der Waals surface area (Å²) in [6.45, 7) is 8.55. The zero-order valence-corrected chi connectivity index (χ0v) is 11.8. The van der Waals surface area contributed by atoms with E-state index in [0.717, 1.165) is 49.6 Å². The highest BCUT2D eigenvalue weighted by Crippen LogP contribution is 2.19. The average molecular weight is 299 g/mol. The zero-order chi connectivity index (χ0) is 12.1. The van der Waals surface area contributed by atoms with Crippen molar-refractivity contribution in [3.8, 4) is 0 Å². The molecule has 94 valence electrons. The highest BCUT2D eigenvalue weighted by Gasteiger charge is 2.08. The molecule has 1 aliphatic rings. The number of anilines is 1.